The highest BCUT2D eigenvalue weighted by molar-refractivity contribution is 7.15. The van der Waals surface area contributed by atoms with Gasteiger partial charge in [-0.3, -0.25) is 14.2 Å². The van der Waals surface area contributed by atoms with Crippen molar-refractivity contribution in [2.75, 3.05) is 26.2 Å². The Morgan fingerprint density at radius 3 is 2.95 bits per heavy atom. The summed E-state index contributed by atoms with van der Waals surface area (Å²) in [5.74, 6) is 0. The van der Waals surface area contributed by atoms with Gasteiger partial charge in [0.05, 0.1) is 11.4 Å². The normalized spacial score (nSPS) is 21.2. The van der Waals surface area contributed by atoms with E-state index in [0.29, 0.717) is 12.1 Å². The van der Waals surface area contributed by atoms with Crippen LogP contribution < -0.4 is 0 Å². The number of aliphatic hydroxyl groups is 1. The summed E-state index contributed by atoms with van der Waals surface area (Å²) in [7, 11) is 0. The van der Waals surface area contributed by atoms with Gasteiger partial charge in [0, 0.05) is 56.4 Å². The van der Waals surface area contributed by atoms with Gasteiger partial charge in [-0.05, 0) is 27.2 Å². The van der Waals surface area contributed by atoms with Gasteiger partial charge in [0.2, 0.25) is 0 Å². The highest BCUT2D eigenvalue weighted by Crippen LogP contribution is 2.21. The molecule has 0 aliphatic carbocycles. The van der Waals surface area contributed by atoms with E-state index < -0.39 is 0 Å². The summed E-state index contributed by atoms with van der Waals surface area (Å²) in [4.78, 5) is 10.8. The first-order valence-electron chi connectivity index (χ1n) is 8.10. The first-order valence-corrected chi connectivity index (χ1v) is 8.98. The molecule has 0 unspecified atom stereocenters. The third-order valence-corrected chi connectivity index (χ3v) is 5.43. The molecule has 3 rings (SSSR count). The van der Waals surface area contributed by atoms with Crippen molar-refractivity contribution in [1.82, 2.24) is 19.2 Å². The first-order chi connectivity index (χ1) is 10.6. The topological polar surface area (TPSA) is 44.0 Å². The number of piperazine rings is 1. The lowest BCUT2D eigenvalue weighted by molar-refractivity contribution is 0.0342. The molecule has 0 spiro atoms. The highest BCUT2D eigenvalue weighted by atomic mass is 32.1. The molecule has 1 saturated heterocycles. The maximum atomic E-state index is 9.36. The quantitative estimate of drug-likeness (QED) is 0.914. The monoisotopic (exact) mass is 322 g/mol. The summed E-state index contributed by atoms with van der Waals surface area (Å²) in [6.07, 6.45) is 2.97. The number of nitrogens with zero attached hydrogens (tertiary/aromatic N) is 4. The second-order valence-electron chi connectivity index (χ2n) is 6.43. The Hall–Kier alpha value is -0.950. The van der Waals surface area contributed by atoms with E-state index in [4.69, 9.17) is 0 Å². The van der Waals surface area contributed by atoms with Crippen LogP contribution in [0.25, 0.3) is 4.96 Å². The van der Waals surface area contributed by atoms with Gasteiger partial charge in [-0.25, -0.2) is 4.98 Å². The van der Waals surface area contributed by atoms with Gasteiger partial charge < -0.3 is 5.11 Å². The molecular formula is C16H26N4OS. The molecular weight excluding hydrogens is 296 g/mol. The van der Waals surface area contributed by atoms with Crippen LogP contribution >= 0.6 is 11.3 Å². The van der Waals surface area contributed by atoms with Crippen LogP contribution in [-0.2, 0) is 6.54 Å². The van der Waals surface area contributed by atoms with Crippen molar-refractivity contribution >= 4 is 16.3 Å². The van der Waals surface area contributed by atoms with Crippen molar-refractivity contribution in [3.8, 4) is 0 Å². The van der Waals surface area contributed by atoms with Crippen LogP contribution in [0.2, 0.25) is 0 Å². The Labute approximate surface area is 136 Å². The van der Waals surface area contributed by atoms with E-state index in [1.54, 1.807) is 11.3 Å². The minimum atomic E-state index is 0.266. The summed E-state index contributed by atoms with van der Waals surface area (Å²) in [5, 5.41) is 11.5. The predicted molar refractivity (Wildman–Crippen MR) is 90.4 cm³/mol. The Morgan fingerprint density at radius 2 is 2.23 bits per heavy atom. The van der Waals surface area contributed by atoms with Crippen LogP contribution in [0.5, 0.6) is 0 Å². The molecule has 2 aromatic rings. The summed E-state index contributed by atoms with van der Waals surface area (Å²) < 4.78 is 2.22. The lowest BCUT2D eigenvalue weighted by atomic mass is 10.1. The average Bonchev–Trinajstić information content (AvgIpc) is 3.02. The van der Waals surface area contributed by atoms with E-state index in [9.17, 15) is 5.11 Å². The SMILES string of the molecule is Cc1nc2sccn2c1CN1CCN(C(C)C)[C@@H](CCO)C1. The third-order valence-electron chi connectivity index (χ3n) is 4.67. The molecule has 0 saturated carbocycles. The Kier molecular flexibility index (Phi) is 4.82. The van der Waals surface area contributed by atoms with E-state index in [1.807, 2.05) is 0 Å². The number of aliphatic hydroxyl groups excluding tert-OH is 1. The van der Waals surface area contributed by atoms with Gasteiger partial charge in [0.25, 0.3) is 0 Å². The molecule has 6 heteroatoms. The number of imidazole rings is 1. The molecule has 1 aliphatic rings. The van der Waals surface area contributed by atoms with Crippen LogP contribution in [0.1, 0.15) is 31.7 Å². The zero-order valence-corrected chi connectivity index (χ0v) is 14.5. The molecule has 122 valence electrons. The van der Waals surface area contributed by atoms with Crippen LogP contribution in [0.15, 0.2) is 11.6 Å². The Morgan fingerprint density at radius 1 is 1.41 bits per heavy atom. The van der Waals surface area contributed by atoms with Gasteiger partial charge in [-0.1, -0.05) is 0 Å². The zero-order valence-electron chi connectivity index (χ0n) is 13.7. The molecule has 2 aromatic heterocycles. The van der Waals surface area contributed by atoms with E-state index in [1.165, 1.54) is 5.69 Å². The van der Waals surface area contributed by atoms with Crippen molar-refractivity contribution in [2.45, 2.75) is 45.8 Å². The average molecular weight is 322 g/mol. The fourth-order valence-corrected chi connectivity index (χ4v) is 4.28. The summed E-state index contributed by atoms with van der Waals surface area (Å²) in [5.41, 5.74) is 2.44. The molecule has 22 heavy (non-hydrogen) atoms. The molecule has 3 heterocycles. The second-order valence-corrected chi connectivity index (χ2v) is 7.31. The van der Waals surface area contributed by atoms with Crippen molar-refractivity contribution in [3.05, 3.63) is 23.0 Å². The molecule has 0 bridgehead atoms. The lowest BCUT2D eigenvalue weighted by Gasteiger charge is -2.43. The molecule has 1 N–H and O–H groups in total. The van der Waals surface area contributed by atoms with Crippen LogP contribution in [-0.4, -0.2) is 62.6 Å². The zero-order chi connectivity index (χ0) is 15.7. The third kappa shape index (κ3) is 3.06. The molecule has 0 amide bonds. The summed E-state index contributed by atoms with van der Waals surface area (Å²) >= 11 is 1.69. The molecule has 0 radical (unpaired) electrons. The largest absolute Gasteiger partial charge is 0.396 e. The van der Waals surface area contributed by atoms with Crippen LogP contribution in [0.4, 0.5) is 0 Å². The van der Waals surface area contributed by atoms with Crippen molar-refractivity contribution < 1.29 is 5.11 Å². The number of hydrogen-bond acceptors (Lipinski definition) is 5. The van der Waals surface area contributed by atoms with Gasteiger partial charge in [-0.2, -0.15) is 0 Å². The molecule has 1 aliphatic heterocycles. The maximum absolute atomic E-state index is 9.36. The summed E-state index contributed by atoms with van der Waals surface area (Å²) in [6, 6.07) is 0.990. The molecule has 1 atom stereocenters. The number of aryl methyl sites for hydroxylation is 1. The smallest absolute Gasteiger partial charge is 0.194 e. The predicted octanol–water partition coefficient (Wildman–Crippen LogP) is 1.98. The fourth-order valence-electron chi connectivity index (χ4n) is 3.51. The number of aromatic nitrogens is 2. The van der Waals surface area contributed by atoms with E-state index in [2.05, 4.69) is 51.5 Å². The number of thiazole rings is 1. The van der Waals surface area contributed by atoms with Crippen molar-refractivity contribution in [2.24, 2.45) is 0 Å². The van der Waals surface area contributed by atoms with Gasteiger partial charge in [-0.15, -0.1) is 11.3 Å². The van der Waals surface area contributed by atoms with Gasteiger partial charge in [0.15, 0.2) is 4.96 Å². The van der Waals surface area contributed by atoms with Gasteiger partial charge >= 0.3 is 0 Å². The molecule has 1 fully saturated rings. The maximum Gasteiger partial charge on any atom is 0.194 e. The number of rotatable bonds is 5. The van der Waals surface area contributed by atoms with Crippen molar-refractivity contribution in [3.63, 3.8) is 0 Å². The first kappa shape index (κ1) is 15.9. The minimum Gasteiger partial charge on any atom is -0.396 e. The van der Waals surface area contributed by atoms with E-state index in [-0.39, 0.29) is 6.61 Å². The highest BCUT2D eigenvalue weighted by Gasteiger charge is 2.29. The second kappa shape index (κ2) is 6.66. The Bertz CT molecular complexity index is 621. The van der Waals surface area contributed by atoms with Gasteiger partial charge in [0.1, 0.15) is 0 Å². The van der Waals surface area contributed by atoms with Crippen molar-refractivity contribution in [1.29, 1.82) is 0 Å². The number of fused-ring (bicyclic) bond motifs is 1. The van der Waals surface area contributed by atoms with Crippen LogP contribution in [0.3, 0.4) is 0 Å². The summed E-state index contributed by atoms with van der Waals surface area (Å²) in [6.45, 7) is 11.0. The van der Waals surface area contributed by atoms with Crippen LogP contribution in [0, 0.1) is 6.92 Å². The van der Waals surface area contributed by atoms with E-state index in [0.717, 1.165) is 43.3 Å². The number of hydrogen-bond donors (Lipinski definition) is 1. The minimum absolute atomic E-state index is 0.266. The van der Waals surface area contributed by atoms with E-state index >= 15 is 0 Å². The lowest BCUT2D eigenvalue weighted by Crippen LogP contribution is -2.55. The fraction of sp³-hybridized carbons (Fsp3) is 0.688. The standard InChI is InChI=1S/C16H26N4OS/c1-12(2)19-6-5-18(10-14(19)4-8-21)11-15-13(3)17-16-20(15)7-9-22-16/h7,9,12,14,21H,4-6,8,10-11H2,1-3H3/t14-/m0/s1. The molecule has 0 aromatic carbocycles. The Balaban J connectivity index is 1.73. The molecule has 5 nitrogen and oxygen atoms in total.